The van der Waals surface area contributed by atoms with Crippen LogP contribution in [0.1, 0.15) is 20.8 Å². The van der Waals surface area contributed by atoms with Gasteiger partial charge in [-0.3, -0.25) is 19.2 Å². The number of carbonyl (C=O) groups excluding carboxylic acids is 3. The predicted molar refractivity (Wildman–Crippen MR) is 65.2 cm³/mol. The number of esters is 2. The molecular formula is C12H19NO7. The summed E-state index contributed by atoms with van der Waals surface area (Å²) in [5.74, 6) is -1.69. The topological polar surface area (TPSA) is 91.4 Å². The second kappa shape index (κ2) is 6.19. The minimum Gasteiger partial charge on any atom is -0.456 e. The number of likely N-dealkylation sites (N-methyl/N-ethyl adjacent to an activating group) is 1. The number of nitrogens with zero attached hydrogens (tertiary/aromatic N) is 1. The number of ether oxygens (including phenoxy) is 3. The van der Waals surface area contributed by atoms with Crippen molar-refractivity contribution in [3.63, 3.8) is 0 Å². The summed E-state index contributed by atoms with van der Waals surface area (Å²) in [6.07, 6.45) is -1.97. The van der Waals surface area contributed by atoms with Crippen LogP contribution in [0.5, 0.6) is 0 Å². The molecule has 0 aliphatic carbocycles. The van der Waals surface area contributed by atoms with Crippen LogP contribution in [0.25, 0.3) is 0 Å². The van der Waals surface area contributed by atoms with Crippen molar-refractivity contribution >= 4 is 17.8 Å². The van der Waals surface area contributed by atoms with E-state index in [1.165, 1.54) is 34.9 Å². The van der Waals surface area contributed by atoms with E-state index in [0.29, 0.717) is 0 Å². The quantitative estimate of drug-likeness (QED) is 0.516. The van der Waals surface area contributed by atoms with Gasteiger partial charge in [0, 0.05) is 20.9 Å². The molecule has 114 valence electrons. The smallest absolute Gasteiger partial charge is 0.303 e. The summed E-state index contributed by atoms with van der Waals surface area (Å²) in [6, 6.07) is 0. The van der Waals surface area contributed by atoms with Crippen molar-refractivity contribution < 1.29 is 33.4 Å². The maximum atomic E-state index is 12.1. The third kappa shape index (κ3) is 3.26. The Morgan fingerprint density at radius 1 is 1.25 bits per heavy atom. The molecule has 0 aromatic rings. The van der Waals surface area contributed by atoms with Crippen LogP contribution < -0.4 is 0 Å². The summed E-state index contributed by atoms with van der Waals surface area (Å²) in [5, 5.41) is 0.961. The Morgan fingerprint density at radius 2 is 1.85 bits per heavy atom. The summed E-state index contributed by atoms with van der Waals surface area (Å²) >= 11 is 0. The average molecular weight is 289 g/mol. The van der Waals surface area contributed by atoms with Crippen molar-refractivity contribution in [2.75, 3.05) is 20.8 Å². The zero-order chi connectivity index (χ0) is 15.5. The maximum absolute atomic E-state index is 12.1. The van der Waals surface area contributed by atoms with Gasteiger partial charge in [0.25, 0.3) is 5.91 Å². The van der Waals surface area contributed by atoms with E-state index in [1.54, 1.807) is 0 Å². The lowest BCUT2D eigenvalue weighted by molar-refractivity contribution is -0.197. The van der Waals surface area contributed by atoms with Crippen LogP contribution in [0.4, 0.5) is 0 Å². The van der Waals surface area contributed by atoms with E-state index in [0.717, 1.165) is 5.06 Å². The highest BCUT2D eigenvalue weighted by Gasteiger charge is 2.57. The fourth-order valence-corrected chi connectivity index (χ4v) is 2.04. The van der Waals surface area contributed by atoms with Gasteiger partial charge >= 0.3 is 11.9 Å². The molecule has 1 heterocycles. The number of amides is 1. The fraction of sp³-hybridized carbons (Fsp3) is 0.750. The molecule has 0 radical (unpaired) electrons. The normalized spacial score (nSPS) is 28.9. The molecule has 0 saturated carbocycles. The lowest BCUT2D eigenvalue weighted by atomic mass is 9.94. The molecule has 1 rings (SSSR count). The fourth-order valence-electron chi connectivity index (χ4n) is 2.04. The second-order valence-electron chi connectivity index (χ2n) is 4.61. The molecule has 1 amide bonds. The first-order valence-electron chi connectivity index (χ1n) is 6.02. The molecule has 1 aliphatic heterocycles. The average Bonchev–Trinajstić information content (AvgIpc) is 2.63. The first-order valence-corrected chi connectivity index (χ1v) is 6.02. The van der Waals surface area contributed by atoms with Gasteiger partial charge in [0.05, 0.1) is 13.7 Å². The van der Waals surface area contributed by atoms with Gasteiger partial charge < -0.3 is 14.2 Å². The summed E-state index contributed by atoms with van der Waals surface area (Å²) in [7, 11) is 2.72. The molecule has 8 nitrogen and oxygen atoms in total. The van der Waals surface area contributed by atoms with Crippen molar-refractivity contribution in [2.45, 2.75) is 38.6 Å². The molecule has 1 fully saturated rings. The molecule has 0 bridgehead atoms. The zero-order valence-corrected chi connectivity index (χ0v) is 12.2. The van der Waals surface area contributed by atoms with E-state index in [9.17, 15) is 14.4 Å². The van der Waals surface area contributed by atoms with E-state index < -0.39 is 35.7 Å². The van der Waals surface area contributed by atoms with Crippen LogP contribution in [-0.4, -0.2) is 61.5 Å². The first-order chi connectivity index (χ1) is 9.22. The standard InChI is InChI=1S/C12H19NO7/c1-7(14)19-9-6-18-10(11(16)13(4)17-5)12(9,3)20-8(2)15/h9-10H,6H2,1-5H3. The summed E-state index contributed by atoms with van der Waals surface area (Å²) < 4.78 is 15.6. The van der Waals surface area contributed by atoms with Gasteiger partial charge in [-0.15, -0.1) is 0 Å². The lowest BCUT2D eigenvalue weighted by Gasteiger charge is -2.33. The summed E-state index contributed by atoms with van der Waals surface area (Å²) in [6.45, 7) is 3.87. The van der Waals surface area contributed by atoms with Crippen LogP contribution in [0.15, 0.2) is 0 Å². The monoisotopic (exact) mass is 289 g/mol. The number of hydroxylamine groups is 2. The van der Waals surface area contributed by atoms with E-state index in [2.05, 4.69) is 0 Å². The van der Waals surface area contributed by atoms with Crippen LogP contribution >= 0.6 is 0 Å². The number of carbonyl (C=O) groups is 3. The lowest BCUT2D eigenvalue weighted by Crippen LogP contribution is -2.55. The largest absolute Gasteiger partial charge is 0.456 e. The molecule has 20 heavy (non-hydrogen) atoms. The van der Waals surface area contributed by atoms with Gasteiger partial charge in [0.15, 0.2) is 17.8 Å². The number of hydrogen-bond donors (Lipinski definition) is 0. The minimum absolute atomic E-state index is 0.0443. The second-order valence-corrected chi connectivity index (χ2v) is 4.61. The van der Waals surface area contributed by atoms with E-state index >= 15 is 0 Å². The van der Waals surface area contributed by atoms with Gasteiger partial charge in [0.1, 0.15) is 0 Å². The molecule has 1 aliphatic rings. The van der Waals surface area contributed by atoms with Gasteiger partial charge in [-0.2, -0.15) is 0 Å². The Labute approximate surface area is 116 Å². The van der Waals surface area contributed by atoms with Crippen LogP contribution in [0, 0.1) is 0 Å². The van der Waals surface area contributed by atoms with Gasteiger partial charge in [-0.25, -0.2) is 5.06 Å². The SMILES string of the molecule is CON(C)C(=O)C1OCC(OC(C)=O)C1(C)OC(C)=O. The summed E-state index contributed by atoms with van der Waals surface area (Å²) in [4.78, 5) is 39.3. The highest BCUT2D eigenvalue weighted by molar-refractivity contribution is 5.82. The van der Waals surface area contributed by atoms with Gasteiger partial charge in [-0.05, 0) is 6.92 Å². The Kier molecular flexibility index (Phi) is 5.07. The first kappa shape index (κ1) is 16.4. The highest BCUT2D eigenvalue weighted by atomic mass is 16.7. The Morgan fingerprint density at radius 3 is 2.30 bits per heavy atom. The third-order valence-electron chi connectivity index (χ3n) is 3.05. The molecule has 0 aromatic heterocycles. The van der Waals surface area contributed by atoms with Crippen molar-refractivity contribution in [2.24, 2.45) is 0 Å². The zero-order valence-electron chi connectivity index (χ0n) is 12.2. The minimum atomic E-state index is -1.40. The molecule has 8 heteroatoms. The predicted octanol–water partition coefficient (Wildman–Crippen LogP) is -0.341. The summed E-state index contributed by atoms with van der Waals surface area (Å²) in [5.41, 5.74) is -1.40. The van der Waals surface area contributed by atoms with Crippen molar-refractivity contribution in [1.82, 2.24) is 5.06 Å². The van der Waals surface area contributed by atoms with Crippen molar-refractivity contribution in [3.8, 4) is 0 Å². The van der Waals surface area contributed by atoms with Crippen LogP contribution in [0.2, 0.25) is 0 Å². The molecular weight excluding hydrogens is 270 g/mol. The van der Waals surface area contributed by atoms with Crippen molar-refractivity contribution in [1.29, 1.82) is 0 Å². The number of hydrogen-bond acceptors (Lipinski definition) is 7. The van der Waals surface area contributed by atoms with E-state index in [1.807, 2.05) is 0 Å². The molecule has 0 aromatic carbocycles. The maximum Gasteiger partial charge on any atom is 0.303 e. The number of rotatable bonds is 4. The highest BCUT2D eigenvalue weighted by Crippen LogP contribution is 2.33. The van der Waals surface area contributed by atoms with Gasteiger partial charge in [-0.1, -0.05) is 0 Å². The molecule has 0 spiro atoms. The Bertz CT molecular complexity index is 411. The van der Waals surface area contributed by atoms with Crippen molar-refractivity contribution in [3.05, 3.63) is 0 Å². The van der Waals surface area contributed by atoms with Crippen LogP contribution in [-0.2, 0) is 33.4 Å². The van der Waals surface area contributed by atoms with Gasteiger partial charge in [0.2, 0.25) is 0 Å². The Balaban J connectivity index is 3.02. The Hall–Kier alpha value is -1.67. The molecule has 3 atom stereocenters. The molecule has 0 N–H and O–H groups in total. The molecule has 1 saturated heterocycles. The van der Waals surface area contributed by atoms with Crippen LogP contribution in [0.3, 0.4) is 0 Å². The van der Waals surface area contributed by atoms with E-state index in [-0.39, 0.29) is 6.61 Å². The van der Waals surface area contributed by atoms with E-state index in [4.69, 9.17) is 19.0 Å². The molecule has 3 unspecified atom stereocenters. The third-order valence-corrected chi connectivity index (χ3v) is 3.05.